The second-order valence-corrected chi connectivity index (χ2v) is 5.54. The van der Waals surface area contributed by atoms with Crippen LogP contribution in [0.5, 0.6) is 0 Å². The molecule has 7 nitrogen and oxygen atoms in total. The molecule has 0 spiro atoms. The number of urea groups is 1. The Bertz CT molecular complexity index is 607. The molecular formula is C16H19N3O4. The van der Waals surface area contributed by atoms with Crippen LogP contribution in [0.25, 0.3) is 0 Å². The van der Waals surface area contributed by atoms with Crippen molar-refractivity contribution >= 4 is 23.8 Å². The fourth-order valence-electron chi connectivity index (χ4n) is 2.78. The average molecular weight is 317 g/mol. The van der Waals surface area contributed by atoms with Crippen LogP contribution in [0.4, 0.5) is 4.79 Å². The molecule has 0 aromatic heterocycles. The predicted molar refractivity (Wildman–Crippen MR) is 82.1 cm³/mol. The van der Waals surface area contributed by atoms with Gasteiger partial charge >= 0.3 is 6.03 Å². The van der Waals surface area contributed by atoms with Gasteiger partial charge in [0.2, 0.25) is 17.7 Å². The lowest BCUT2D eigenvalue weighted by molar-refractivity contribution is -0.139. The zero-order valence-corrected chi connectivity index (χ0v) is 12.6. The Kier molecular flexibility index (Phi) is 5.10. The van der Waals surface area contributed by atoms with Crippen LogP contribution in [-0.2, 0) is 19.8 Å². The number of carbonyl (C=O) groups excluding carboxylic acids is 4. The molecule has 0 unspecified atom stereocenters. The van der Waals surface area contributed by atoms with E-state index in [0.717, 1.165) is 0 Å². The number of nitrogens with one attached hydrogen (secondary N) is 2. The number of barbiturate groups is 1. The van der Waals surface area contributed by atoms with E-state index in [0.29, 0.717) is 24.8 Å². The number of hydrogen-bond acceptors (Lipinski definition) is 4. The van der Waals surface area contributed by atoms with Gasteiger partial charge in [-0.2, -0.15) is 0 Å². The van der Waals surface area contributed by atoms with Crippen molar-refractivity contribution in [2.75, 3.05) is 0 Å². The van der Waals surface area contributed by atoms with E-state index in [2.05, 4.69) is 10.6 Å². The standard InChI is InChI=1S/C16H19N3O4/c17-12(20)9-5-2-6-10-16(11-7-3-1-4-8-11)13(21)18-15(23)19-14(16)22/h1,3-4,7-8H,2,5-6,9-10H2,(H2,17,20)(H2,18,19,21,22,23). The molecule has 1 heterocycles. The maximum absolute atomic E-state index is 12.4. The normalized spacial score (nSPS) is 16.6. The molecule has 2 rings (SSSR count). The van der Waals surface area contributed by atoms with E-state index < -0.39 is 23.3 Å². The molecular weight excluding hydrogens is 298 g/mol. The molecule has 0 saturated carbocycles. The fraction of sp³-hybridized carbons (Fsp3) is 0.375. The van der Waals surface area contributed by atoms with Crippen LogP contribution < -0.4 is 16.4 Å². The van der Waals surface area contributed by atoms with Crippen molar-refractivity contribution in [2.45, 2.75) is 37.5 Å². The third-order valence-electron chi connectivity index (χ3n) is 3.97. The molecule has 1 aliphatic rings. The van der Waals surface area contributed by atoms with Crippen molar-refractivity contribution in [3.05, 3.63) is 35.9 Å². The number of rotatable bonds is 7. The van der Waals surface area contributed by atoms with Crippen molar-refractivity contribution in [3.8, 4) is 0 Å². The number of nitrogens with two attached hydrogens (primary N) is 1. The van der Waals surface area contributed by atoms with Crippen LogP contribution >= 0.6 is 0 Å². The van der Waals surface area contributed by atoms with Crippen molar-refractivity contribution in [3.63, 3.8) is 0 Å². The lowest BCUT2D eigenvalue weighted by atomic mass is 9.73. The zero-order valence-electron chi connectivity index (χ0n) is 12.6. The third-order valence-corrected chi connectivity index (χ3v) is 3.97. The summed E-state index contributed by atoms with van der Waals surface area (Å²) in [7, 11) is 0. The Morgan fingerprint density at radius 3 is 2.13 bits per heavy atom. The molecule has 0 radical (unpaired) electrons. The van der Waals surface area contributed by atoms with Crippen LogP contribution in [0, 0.1) is 0 Å². The Hall–Kier alpha value is -2.70. The molecule has 1 aromatic rings. The first-order valence-corrected chi connectivity index (χ1v) is 7.47. The number of carbonyl (C=O) groups is 4. The number of benzene rings is 1. The van der Waals surface area contributed by atoms with Gasteiger partial charge in [-0.05, 0) is 18.4 Å². The highest BCUT2D eigenvalue weighted by Crippen LogP contribution is 2.32. The summed E-state index contributed by atoms with van der Waals surface area (Å²) in [5.41, 5.74) is 4.20. The molecule has 1 aliphatic heterocycles. The molecule has 1 fully saturated rings. The van der Waals surface area contributed by atoms with Gasteiger partial charge in [0.1, 0.15) is 0 Å². The predicted octanol–water partition coefficient (Wildman–Crippen LogP) is 0.726. The largest absolute Gasteiger partial charge is 0.370 e. The summed E-state index contributed by atoms with van der Waals surface area (Å²) in [5, 5.41) is 4.35. The molecule has 1 aromatic carbocycles. The monoisotopic (exact) mass is 317 g/mol. The molecule has 122 valence electrons. The molecule has 0 atom stereocenters. The van der Waals surface area contributed by atoms with Crippen LogP contribution in [0.3, 0.4) is 0 Å². The number of amides is 5. The summed E-state index contributed by atoms with van der Waals surface area (Å²) in [6.07, 6.45) is 2.33. The summed E-state index contributed by atoms with van der Waals surface area (Å²) < 4.78 is 0. The minimum atomic E-state index is -1.43. The first-order chi connectivity index (χ1) is 11.0. The molecule has 4 N–H and O–H groups in total. The molecule has 5 amide bonds. The van der Waals surface area contributed by atoms with E-state index in [-0.39, 0.29) is 18.7 Å². The van der Waals surface area contributed by atoms with E-state index in [9.17, 15) is 19.2 Å². The summed E-state index contributed by atoms with van der Waals surface area (Å²) in [4.78, 5) is 47.0. The first-order valence-electron chi connectivity index (χ1n) is 7.47. The van der Waals surface area contributed by atoms with Gasteiger partial charge in [-0.15, -0.1) is 0 Å². The highest BCUT2D eigenvalue weighted by Gasteiger charge is 2.50. The summed E-state index contributed by atoms with van der Waals surface area (Å²) in [6.45, 7) is 0. The van der Waals surface area contributed by atoms with Gasteiger partial charge in [0.05, 0.1) is 0 Å². The van der Waals surface area contributed by atoms with Gasteiger partial charge in [0.25, 0.3) is 0 Å². The summed E-state index contributed by atoms with van der Waals surface area (Å²) in [6, 6.07) is 7.84. The van der Waals surface area contributed by atoms with E-state index in [1.807, 2.05) is 0 Å². The van der Waals surface area contributed by atoms with Crippen LogP contribution in [0.1, 0.15) is 37.7 Å². The smallest absolute Gasteiger partial charge is 0.328 e. The number of imide groups is 2. The van der Waals surface area contributed by atoms with Gasteiger partial charge in [-0.1, -0.05) is 43.2 Å². The van der Waals surface area contributed by atoms with Crippen LogP contribution in [-0.4, -0.2) is 23.8 Å². The molecule has 1 saturated heterocycles. The minimum Gasteiger partial charge on any atom is -0.370 e. The van der Waals surface area contributed by atoms with Crippen molar-refractivity contribution < 1.29 is 19.2 Å². The Balaban J connectivity index is 2.19. The fourth-order valence-corrected chi connectivity index (χ4v) is 2.78. The van der Waals surface area contributed by atoms with E-state index in [4.69, 9.17) is 5.73 Å². The Morgan fingerprint density at radius 2 is 1.57 bits per heavy atom. The highest BCUT2D eigenvalue weighted by molar-refractivity contribution is 6.22. The van der Waals surface area contributed by atoms with Crippen molar-refractivity contribution in [2.24, 2.45) is 5.73 Å². The lowest BCUT2D eigenvalue weighted by Crippen LogP contribution is -2.64. The number of unbranched alkanes of at least 4 members (excludes halogenated alkanes) is 2. The molecule has 23 heavy (non-hydrogen) atoms. The average Bonchev–Trinajstić information content (AvgIpc) is 2.50. The molecule has 0 bridgehead atoms. The minimum absolute atomic E-state index is 0.251. The second kappa shape index (κ2) is 7.04. The maximum Gasteiger partial charge on any atom is 0.328 e. The van der Waals surface area contributed by atoms with Gasteiger partial charge in [-0.25, -0.2) is 4.79 Å². The first kappa shape index (κ1) is 16.7. The topological polar surface area (TPSA) is 118 Å². The van der Waals surface area contributed by atoms with Gasteiger partial charge in [0.15, 0.2) is 5.41 Å². The quantitative estimate of drug-likeness (QED) is 0.507. The molecule has 0 aliphatic carbocycles. The molecule has 7 heteroatoms. The van der Waals surface area contributed by atoms with Gasteiger partial charge in [0, 0.05) is 6.42 Å². The summed E-state index contributed by atoms with van der Waals surface area (Å²) in [5.74, 6) is -1.61. The third kappa shape index (κ3) is 3.56. The van der Waals surface area contributed by atoms with Crippen molar-refractivity contribution in [1.29, 1.82) is 0 Å². The van der Waals surface area contributed by atoms with Crippen LogP contribution in [0.15, 0.2) is 30.3 Å². The lowest BCUT2D eigenvalue weighted by Gasteiger charge is -2.34. The zero-order chi connectivity index (χ0) is 16.9. The second-order valence-electron chi connectivity index (χ2n) is 5.54. The van der Waals surface area contributed by atoms with Gasteiger partial charge < -0.3 is 5.73 Å². The number of primary amides is 1. The Labute approximate surface area is 133 Å². The van der Waals surface area contributed by atoms with E-state index >= 15 is 0 Å². The van der Waals surface area contributed by atoms with Gasteiger partial charge in [-0.3, -0.25) is 25.0 Å². The van der Waals surface area contributed by atoms with Crippen molar-refractivity contribution in [1.82, 2.24) is 10.6 Å². The maximum atomic E-state index is 12.4. The van der Waals surface area contributed by atoms with E-state index in [1.165, 1.54) is 0 Å². The van der Waals surface area contributed by atoms with E-state index in [1.54, 1.807) is 30.3 Å². The number of hydrogen-bond donors (Lipinski definition) is 3. The highest BCUT2D eigenvalue weighted by atomic mass is 16.2. The SMILES string of the molecule is NC(=O)CCCCCC1(c2ccccc2)C(=O)NC(=O)NC1=O. The van der Waals surface area contributed by atoms with Crippen LogP contribution in [0.2, 0.25) is 0 Å². The summed E-state index contributed by atoms with van der Waals surface area (Å²) >= 11 is 0. The Morgan fingerprint density at radius 1 is 0.957 bits per heavy atom.